The van der Waals surface area contributed by atoms with Gasteiger partial charge in [0, 0.05) is 18.7 Å². The van der Waals surface area contributed by atoms with Gasteiger partial charge in [-0.15, -0.1) is 0 Å². The van der Waals surface area contributed by atoms with Gasteiger partial charge in [-0.2, -0.15) is 0 Å². The molecule has 0 bridgehead atoms. The van der Waals surface area contributed by atoms with E-state index in [9.17, 15) is 4.79 Å². The van der Waals surface area contributed by atoms with Crippen LogP contribution in [0.2, 0.25) is 0 Å². The molecule has 0 N–H and O–H groups in total. The second-order valence-electron chi connectivity index (χ2n) is 4.86. The van der Waals surface area contributed by atoms with E-state index in [1.165, 1.54) is 19.3 Å². The summed E-state index contributed by atoms with van der Waals surface area (Å²) in [6, 6.07) is 7.81. The fourth-order valence-electron chi connectivity index (χ4n) is 2.58. The number of hydrogen-bond donors (Lipinski definition) is 0. The zero-order chi connectivity index (χ0) is 12.3. The molecule has 1 aliphatic carbocycles. The quantitative estimate of drug-likeness (QED) is 0.762. The minimum Gasteiger partial charge on any atom is -0.315 e. The van der Waals surface area contributed by atoms with Crippen LogP contribution in [0, 0.1) is 12.8 Å². The molecule has 1 radical (unpaired) electrons. The Kier molecular flexibility index (Phi) is 3.82. The zero-order valence-corrected chi connectivity index (χ0v) is 10.5. The Hall–Kier alpha value is -1.31. The molecule has 1 aliphatic rings. The van der Waals surface area contributed by atoms with Crippen molar-refractivity contribution >= 4 is 11.6 Å². The number of para-hydroxylation sites is 1. The molecular weight excluding hydrogens is 210 g/mol. The maximum absolute atomic E-state index is 12.3. The van der Waals surface area contributed by atoms with Crippen molar-refractivity contribution in [2.45, 2.75) is 32.1 Å². The van der Waals surface area contributed by atoms with Crippen molar-refractivity contribution in [2.75, 3.05) is 11.9 Å². The van der Waals surface area contributed by atoms with Crippen molar-refractivity contribution in [1.82, 2.24) is 0 Å². The van der Waals surface area contributed by atoms with Crippen LogP contribution in [0.5, 0.6) is 0 Å². The molecule has 0 spiro atoms. The van der Waals surface area contributed by atoms with Gasteiger partial charge >= 0.3 is 0 Å². The van der Waals surface area contributed by atoms with Crippen molar-refractivity contribution in [3.05, 3.63) is 36.8 Å². The zero-order valence-electron chi connectivity index (χ0n) is 10.5. The van der Waals surface area contributed by atoms with E-state index >= 15 is 0 Å². The molecule has 1 amide bonds. The lowest BCUT2D eigenvalue weighted by molar-refractivity contribution is -0.123. The summed E-state index contributed by atoms with van der Waals surface area (Å²) < 4.78 is 0. The van der Waals surface area contributed by atoms with Gasteiger partial charge in [0.2, 0.25) is 5.91 Å². The molecule has 0 aliphatic heterocycles. The van der Waals surface area contributed by atoms with E-state index in [1.807, 2.05) is 31.3 Å². The molecule has 1 saturated carbocycles. The monoisotopic (exact) mass is 230 g/mol. The molecule has 1 aromatic carbocycles. The van der Waals surface area contributed by atoms with E-state index in [-0.39, 0.29) is 11.8 Å². The van der Waals surface area contributed by atoms with Gasteiger partial charge in [-0.3, -0.25) is 4.79 Å². The molecule has 0 aromatic heterocycles. The SMILES string of the molecule is [CH2]c1ccccc1N(C)C(=O)C1CCCCC1. The lowest BCUT2D eigenvalue weighted by atomic mass is 9.88. The first-order valence-electron chi connectivity index (χ1n) is 6.38. The van der Waals surface area contributed by atoms with Crippen molar-refractivity contribution in [3.63, 3.8) is 0 Å². The van der Waals surface area contributed by atoms with Gasteiger partial charge < -0.3 is 4.90 Å². The number of rotatable bonds is 2. The van der Waals surface area contributed by atoms with Crippen molar-refractivity contribution in [2.24, 2.45) is 5.92 Å². The summed E-state index contributed by atoms with van der Waals surface area (Å²) in [5.74, 6) is 0.467. The maximum Gasteiger partial charge on any atom is 0.229 e. The van der Waals surface area contributed by atoms with Gasteiger partial charge in [0.05, 0.1) is 0 Å². The van der Waals surface area contributed by atoms with Gasteiger partial charge in [0.1, 0.15) is 0 Å². The number of carbonyl (C=O) groups is 1. The van der Waals surface area contributed by atoms with E-state index in [2.05, 4.69) is 6.92 Å². The Morgan fingerprint density at radius 1 is 1.24 bits per heavy atom. The van der Waals surface area contributed by atoms with Gasteiger partial charge in [-0.05, 0) is 31.4 Å². The van der Waals surface area contributed by atoms with Crippen molar-refractivity contribution in [1.29, 1.82) is 0 Å². The highest BCUT2D eigenvalue weighted by Gasteiger charge is 2.25. The number of hydrogen-bond acceptors (Lipinski definition) is 1. The van der Waals surface area contributed by atoms with Crippen molar-refractivity contribution in [3.8, 4) is 0 Å². The lowest BCUT2D eigenvalue weighted by Gasteiger charge is -2.27. The second-order valence-corrected chi connectivity index (χ2v) is 4.86. The summed E-state index contributed by atoms with van der Waals surface area (Å²) in [6.45, 7) is 3.98. The van der Waals surface area contributed by atoms with E-state index < -0.39 is 0 Å². The maximum atomic E-state index is 12.3. The number of anilines is 1. The third-order valence-electron chi connectivity index (χ3n) is 3.64. The summed E-state index contributed by atoms with van der Waals surface area (Å²) in [6.07, 6.45) is 5.75. The predicted octanol–water partition coefficient (Wildman–Crippen LogP) is 3.41. The molecule has 0 saturated heterocycles. The highest BCUT2D eigenvalue weighted by molar-refractivity contribution is 5.95. The fourth-order valence-corrected chi connectivity index (χ4v) is 2.58. The van der Waals surface area contributed by atoms with E-state index in [0.717, 1.165) is 24.1 Å². The standard InChI is InChI=1S/C15H20NO/c1-12-8-6-7-11-14(12)16(2)15(17)13-9-4-3-5-10-13/h6-8,11,13H,1,3-5,9-10H2,2H3. The first-order chi connectivity index (χ1) is 8.20. The second kappa shape index (κ2) is 5.35. The van der Waals surface area contributed by atoms with Crippen LogP contribution in [0.1, 0.15) is 37.7 Å². The summed E-state index contributed by atoms with van der Waals surface area (Å²) in [5.41, 5.74) is 1.85. The molecule has 17 heavy (non-hydrogen) atoms. The van der Waals surface area contributed by atoms with Crippen LogP contribution in [0.15, 0.2) is 24.3 Å². The minimum absolute atomic E-state index is 0.216. The summed E-state index contributed by atoms with van der Waals surface area (Å²) >= 11 is 0. The number of nitrogens with zero attached hydrogens (tertiary/aromatic N) is 1. The highest BCUT2D eigenvalue weighted by atomic mass is 16.2. The molecule has 2 rings (SSSR count). The minimum atomic E-state index is 0.216. The predicted molar refractivity (Wildman–Crippen MR) is 70.9 cm³/mol. The summed E-state index contributed by atoms with van der Waals surface area (Å²) in [5, 5.41) is 0. The molecule has 1 fully saturated rings. The molecule has 0 unspecified atom stereocenters. The van der Waals surface area contributed by atoms with E-state index in [4.69, 9.17) is 0 Å². The van der Waals surface area contributed by atoms with Crippen LogP contribution in [0.25, 0.3) is 0 Å². The summed E-state index contributed by atoms with van der Waals surface area (Å²) in [4.78, 5) is 14.1. The van der Waals surface area contributed by atoms with Crippen LogP contribution in [-0.2, 0) is 4.79 Å². The summed E-state index contributed by atoms with van der Waals surface area (Å²) in [7, 11) is 1.86. The normalized spacial score (nSPS) is 16.8. The molecule has 2 heteroatoms. The van der Waals surface area contributed by atoms with Gasteiger partial charge in [0.15, 0.2) is 0 Å². The first kappa shape index (κ1) is 12.2. The largest absolute Gasteiger partial charge is 0.315 e. The molecule has 0 atom stereocenters. The molecule has 91 valence electrons. The van der Waals surface area contributed by atoms with Crippen LogP contribution >= 0.6 is 0 Å². The average Bonchev–Trinajstić information content (AvgIpc) is 2.39. The third-order valence-corrected chi connectivity index (χ3v) is 3.64. The number of benzene rings is 1. The third kappa shape index (κ3) is 2.68. The topological polar surface area (TPSA) is 20.3 Å². The van der Waals surface area contributed by atoms with Crippen LogP contribution in [-0.4, -0.2) is 13.0 Å². The Morgan fingerprint density at radius 3 is 2.53 bits per heavy atom. The van der Waals surface area contributed by atoms with Gasteiger partial charge in [-0.25, -0.2) is 0 Å². The number of carbonyl (C=O) groups excluding carboxylic acids is 1. The van der Waals surface area contributed by atoms with E-state index in [1.54, 1.807) is 4.90 Å². The Bertz CT molecular complexity index is 394. The van der Waals surface area contributed by atoms with Gasteiger partial charge in [-0.1, -0.05) is 37.5 Å². The van der Waals surface area contributed by atoms with E-state index in [0.29, 0.717) is 0 Å². The lowest BCUT2D eigenvalue weighted by Crippen LogP contribution is -2.34. The van der Waals surface area contributed by atoms with Gasteiger partial charge in [0.25, 0.3) is 0 Å². The highest BCUT2D eigenvalue weighted by Crippen LogP contribution is 2.27. The van der Waals surface area contributed by atoms with Crippen LogP contribution in [0.3, 0.4) is 0 Å². The fraction of sp³-hybridized carbons (Fsp3) is 0.467. The molecule has 1 aromatic rings. The van der Waals surface area contributed by atoms with Crippen molar-refractivity contribution < 1.29 is 4.79 Å². The number of amides is 1. The Morgan fingerprint density at radius 2 is 1.88 bits per heavy atom. The van der Waals surface area contributed by atoms with Crippen LogP contribution in [0.4, 0.5) is 5.69 Å². The van der Waals surface area contributed by atoms with Crippen LogP contribution < -0.4 is 4.90 Å². The molecule has 0 heterocycles. The molecular formula is C15H20NO. The first-order valence-corrected chi connectivity index (χ1v) is 6.38. The average molecular weight is 230 g/mol. The Labute approximate surface area is 104 Å². The Balaban J connectivity index is 2.11. The smallest absolute Gasteiger partial charge is 0.229 e. The molecule has 2 nitrogen and oxygen atoms in total.